The van der Waals surface area contributed by atoms with E-state index in [4.69, 9.17) is 15.9 Å². The van der Waals surface area contributed by atoms with Crippen molar-refractivity contribution in [3.05, 3.63) is 64.9 Å². The van der Waals surface area contributed by atoms with Crippen molar-refractivity contribution in [1.82, 2.24) is 0 Å². The molecule has 0 saturated heterocycles. The van der Waals surface area contributed by atoms with Gasteiger partial charge < -0.3 is 15.8 Å². The second kappa shape index (κ2) is 7.42. The van der Waals surface area contributed by atoms with Crippen molar-refractivity contribution in [3.8, 4) is 11.5 Å². The van der Waals surface area contributed by atoms with Gasteiger partial charge in [-0.15, -0.1) is 23.1 Å². The number of nitrogens with one attached hydrogen (secondary N) is 2. The molecular formula is C18H17N3OS2. The van der Waals surface area contributed by atoms with Crippen LogP contribution in [0.5, 0.6) is 11.5 Å². The molecule has 0 spiro atoms. The molecule has 0 saturated carbocycles. The van der Waals surface area contributed by atoms with Gasteiger partial charge in [0, 0.05) is 11.1 Å². The fraction of sp³-hybridized carbons (Fsp3) is 0.0556. The standard InChI is InChI=1S/C18H17N3OS2/c1-23-16-15(11-24-17(16)18(19)20)21-12-7-9-14(10-8-12)22-13-5-3-2-4-6-13/h2-11,21H,1H3,(H3,19,20). The maximum absolute atomic E-state index is 7.64. The van der Waals surface area contributed by atoms with Crippen LogP contribution in [-0.4, -0.2) is 12.1 Å². The fourth-order valence-electron chi connectivity index (χ4n) is 2.21. The van der Waals surface area contributed by atoms with Gasteiger partial charge in [0.1, 0.15) is 17.3 Å². The van der Waals surface area contributed by atoms with Gasteiger partial charge in [0.25, 0.3) is 0 Å². The normalized spacial score (nSPS) is 10.4. The van der Waals surface area contributed by atoms with Crippen molar-refractivity contribution < 1.29 is 4.74 Å². The van der Waals surface area contributed by atoms with Gasteiger partial charge in [0.15, 0.2) is 0 Å². The Morgan fingerprint density at radius 2 is 1.75 bits per heavy atom. The number of anilines is 2. The molecule has 0 amide bonds. The molecule has 3 aromatic rings. The van der Waals surface area contributed by atoms with E-state index in [1.54, 1.807) is 11.8 Å². The zero-order chi connectivity index (χ0) is 16.9. The summed E-state index contributed by atoms with van der Waals surface area (Å²) in [5.41, 5.74) is 7.55. The molecule has 0 aliphatic carbocycles. The fourth-order valence-corrected chi connectivity index (χ4v) is 4.06. The van der Waals surface area contributed by atoms with Gasteiger partial charge in [-0.1, -0.05) is 18.2 Å². The Balaban J connectivity index is 1.74. The number of rotatable bonds is 6. The molecule has 0 radical (unpaired) electrons. The topological polar surface area (TPSA) is 71.1 Å². The first kappa shape index (κ1) is 16.4. The molecule has 2 aromatic carbocycles. The number of thioether (sulfide) groups is 1. The lowest BCUT2D eigenvalue weighted by molar-refractivity contribution is 0.483. The highest BCUT2D eigenvalue weighted by Crippen LogP contribution is 2.36. The second-order valence-corrected chi connectivity index (χ2v) is 6.69. The molecule has 0 aliphatic rings. The predicted molar refractivity (Wildman–Crippen MR) is 103 cm³/mol. The summed E-state index contributed by atoms with van der Waals surface area (Å²) in [5, 5.41) is 13.0. The lowest BCUT2D eigenvalue weighted by atomic mass is 10.3. The summed E-state index contributed by atoms with van der Waals surface area (Å²) >= 11 is 3.06. The van der Waals surface area contributed by atoms with E-state index in [1.165, 1.54) is 11.3 Å². The lowest BCUT2D eigenvalue weighted by Crippen LogP contribution is -2.10. The van der Waals surface area contributed by atoms with Crippen LogP contribution in [0.1, 0.15) is 4.88 Å². The van der Waals surface area contributed by atoms with Crippen LogP contribution in [-0.2, 0) is 0 Å². The molecule has 0 atom stereocenters. The average molecular weight is 355 g/mol. The van der Waals surface area contributed by atoms with Crippen LogP contribution in [0, 0.1) is 5.41 Å². The molecule has 6 heteroatoms. The number of nitrogens with two attached hydrogens (primary N) is 1. The first-order valence-electron chi connectivity index (χ1n) is 7.27. The van der Waals surface area contributed by atoms with Crippen LogP contribution < -0.4 is 15.8 Å². The van der Waals surface area contributed by atoms with Crippen LogP contribution in [0.25, 0.3) is 0 Å². The Bertz CT molecular complexity index is 829. The molecule has 24 heavy (non-hydrogen) atoms. The molecule has 4 nitrogen and oxygen atoms in total. The summed E-state index contributed by atoms with van der Waals surface area (Å²) in [5.74, 6) is 1.70. The van der Waals surface area contributed by atoms with E-state index in [2.05, 4.69) is 5.32 Å². The van der Waals surface area contributed by atoms with Crippen molar-refractivity contribution >= 4 is 40.3 Å². The Morgan fingerprint density at radius 3 is 2.38 bits per heavy atom. The SMILES string of the molecule is CSc1c(Nc2ccc(Oc3ccccc3)cc2)csc1C(=N)N. The monoisotopic (exact) mass is 355 g/mol. The quantitative estimate of drug-likeness (QED) is 0.319. The summed E-state index contributed by atoms with van der Waals surface area (Å²) in [6.07, 6.45) is 1.98. The van der Waals surface area contributed by atoms with E-state index in [9.17, 15) is 0 Å². The molecule has 0 bridgehead atoms. The van der Waals surface area contributed by atoms with Crippen molar-refractivity contribution in [2.45, 2.75) is 4.90 Å². The van der Waals surface area contributed by atoms with Crippen LogP contribution in [0.4, 0.5) is 11.4 Å². The predicted octanol–water partition coefficient (Wildman–Crippen LogP) is 5.29. The first-order valence-corrected chi connectivity index (χ1v) is 9.37. The maximum Gasteiger partial charge on any atom is 0.134 e. The lowest BCUT2D eigenvalue weighted by Gasteiger charge is -2.09. The minimum Gasteiger partial charge on any atom is -0.457 e. The number of ether oxygens (including phenoxy) is 1. The van der Waals surface area contributed by atoms with Gasteiger partial charge >= 0.3 is 0 Å². The highest BCUT2D eigenvalue weighted by molar-refractivity contribution is 7.99. The molecule has 0 fully saturated rings. The van der Waals surface area contributed by atoms with Gasteiger partial charge in [0.2, 0.25) is 0 Å². The van der Waals surface area contributed by atoms with E-state index in [0.29, 0.717) is 0 Å². The van der Waals surface area contributed by atoms with E-state index < -0.39 is 0 Å². The summed E-state index contributed by atoms with van der Waals surface area (Å²) in [7, 11) is 0. The highest BCUT2D eigenvalue weighted by Gasteiger charge is 2.13. The number of hydrogen-bond acceptors (Lipinski definition) is 5. The van der Waals surface area contributed by atoms with Crippen LogP contribution in [0.3, 0.4) is 0 Å². The van der Waals surface area contributed by atoms with Gasteiger partial charge in [-0.3, -0.25) is 5.41 Å². The largest absolute Gasteiger partial charge is 0.457 e. The van der Waals surface area contributed by atoms with Crippen LogP contribution >= 0.6 is 23.1 Å². The van der Waals surface area contributed by atoms with E-state index >= 15 is 0 Å². The summed E-state index contributed by atoms with van der Waals surface area (Å²) in [4.78, 5) is 1.80. The third-order valence-electron chi connectivity index (χ3n) is 3.31. The smallest absolute Gasteiger partial charge is 0.134 e. The van der Waals surface area contributed by atoms with E-state index in [0.717, 1.165) is 32.6 Å². The molecule has 1 aromatic heterocycles. The Hall–Kier alpha value is -2.44. The molecular weight excluding hydrogens is 338 g/mol. The molecule has 1 heterocycles. The zero-order valence-corrected chi connectivity index (χ0v) is 14.7. The van der Waals surface area contributed by atoms with Crippen molar-refractivity contribution in [3.63, 3.8) is 0 Å². The minimum atomic E-state index is 0.101. The third kappa shape index (κ3) is 3.72. The van der Waals surface area contributed by atoms with E-state index in [1.807, 2.05) is 66.2 Å². The van der Waals surface area contributed by atoms with Crippen LogP contribution in [0.2, 0.25) is 0 Å². The molecule has 122 valence electrons. The molecule has 4 N–H and O–H groups in total. The van der Waals surface area contributed by atoms with Crippen molar-refractivity contribution in [2.75, 3.05) is 11.6 Å². The van der Waals surface area contributed by atoms with Crippen molar-refractivity contribution in [1.29, 1.82) is 5.41 Å². The Morgan fingerprint density at radius 1 is 1.08 bits per heavy atom. The number of hydrogen-bond donors (Lipinski definition) is 3. The van der Waals surface area contributed by atoms with Gasteiger partial charge in [-0.25, -0.2) is 0 Å². The number of nitrogen functional groups attached to an aromatic ring is 1. The Labute approximate surface area is 149 Å². The zero-order valence-electron chi connectivity index (χ0n) is 13.1. The van der Waals surface area contributed by atoms with Crippen LogP contribution in [0.15, 0.2) is 64.9 Å². The van der Waals surface area contributed by atoms with Crippen molar-refractivity contribution in [2.24, 2.45) is 5.73 Å². The van der Waals surface area contributed by atoms with Gasteiger partial charge in [0.05, 0.1) is 15.5 Å². The maximum atomic E-state index is 7.64. The number of amidine groups is 1. The first-order chi connectivity index (χ1) is 11.7. The number of benzene rings is 2. The summed E-state index contributed by atoms with van der Waals surface area (Å²) in [6, 6.07) is 17.5. The third-order valence-corrected chi connectivity index (χ3v) is 5.28. The highest BCUT2D eigenvalue weighted by atomic mass is 32.2. The van der Waals surface area contributed by atoms with Gasteiger partial charge in [-0.05, 0) is 42.7 Å². The molecule has 0 aliphatic heterocycles. The molecule has 0 unspecified atom stereocenters. The number of thiophene rings is 1. The summed E-state index contributed by atoms with van der Waals surface area (Å²) in [6.45, 7) is 0. The number of para-hydroxylation sites is 1. The molecule has 3 rings (SSSR count). The van der Waals surface area contributed by atoms with E-state index in [-0.39, 0.29) is 5.84 Å². The second-order valence-electron chi connectivity index (χ2n) is 4.99. The Kier molecular flexibility index (Phi) is 5.08. The summed E-state index contributed by atoms with van der Waals surface area (Å²) < 4.78 is 5.79. The minimum absolute atomic E-state index is 0.101. The van der Waals surface area contributed by atoms with Gasteiger partial charge in [-0.2, -0.15) is 0 Å². The average Bonchev–Trinajstić information content (AvgIpc) is 3.00.